The lowest BCUT2D eigenvalue weighted by Gasteiger charge is -2.13. The van der Waals surface area contributed by atoms with E-state index in [-0.39, 0.29) is 11.1 Å². The monoisotopic (exact) mass is 256 g/mol. The van der Waals surface area contributed by atoms with Crippen LogP contribution in [0, 0.1) is 0 Å². The molecule has 2 N–H and O–H groups in total. The lowest BCUT2D eigenvalue weighted by molar-refractivity contribution is -0.138. The molecular weight excluding hydrogens is 240 g/mol. The minimum atomic E-state index is -1.07. The van der Waals surface area contributed by atoms with E-state index in [9.17, 15) is 9.59 Å². The van der Waals surface area contributed by atoms with Gasteiger partial charge in [0.15, 0.2) is 0 Å². The minimum absolute atomic E-state index is 0.110. The van der Waals surface area contributed by atoms with E-state index in [0.717, 1.165) is 5.01 Å². The van der Waals surface area contributed by atoms with Gasteiger partial charge in [-0.15, -0.1) is 11.3 Å². The molecule has 1 aromatic heterocycles. The number of carbonyl (C=O) groups excluding carboxylic acids is 1. The summed E-state index contributed by atoms with van der Waals surface area (Å²) in [4.78, 5) is 26.5. The summed E-state index contributed by atoms with van der Waals surface area (Å²) >= 11 is 1.40. The summed E-state index contributed by atoms with van der Waals surface area (Å²) in [7, 11) is 0. The summed E-state index contributed by atoms with van der Waals surface area (Å²) in [6, 6.07) is -0.915. The van der Waals surface area contributed by atoms with Crippen molar-refractivity contribution in [3.05, 3.63) is 16.1 Å². The molecule has 1 heterocycles. The molecule has 6 heteroatoms. The molecule has 5 nitrogen and oxygen atoms in total. The fourth-order valence-electron chi connectivity index (χ4n) is 1.05. The molecule has 0 fully saturated rings. The van der Waals surface area contributed by atoms with Crippen LogP contribution >= 0.6 is 11.3 Å². The number of aliphatic carboxylic acids is 1. The Bertz CT molecular complexity index is 434. The van der Waals surface area contributed by atoms with E-state index in [1.54, 1.807) is 5.38 Å². The number of amides is 1. The van der Waals surface area contributed by atoms with Gasteiger partial charge in [0, 0.05) is 10.8 Å². The second-order valence-electron chi connectivity index (χ2n) is 4.82. The molecule has 1 rings (SSSR count). The summed E-state index contributed by atoms with van der Waals surface area (Å²) in [5.74, 6) is -1.52. The van der Waals surface area contributed by atoms with Gasteiger partial charge in [0.1, 0.15) is 11.7 Å². The van der Waals surface area contributed by atoms with Gasteiger partial charge < -0.3 is 10.4 Å². The van der Waals surface area contributed by atoms with Crippen LogP contribution < -0.4 is 5.32 Å². The Morgan fingerprint density at radius 1 is 1.47 bits per heavy atom. The molecule has 0 radical (unpaired) electrons. The van der Waals surface area contributed by atoms with Crippen molar-refractivity contribution in [3.63, 3.8) is 0 Å². The number of carboxylic acids is 1. The first-order chi connectivity index (χ1) is 7.71. The lowest BCUT2D eigenvalue weighted by Crippen LogP contribution is -2.38. The van der Waals surface area contributed by atoms with Crippen molar-refractivity contribution in [1.82, 2.24) is 10.3 Å². The van der Waals surface area contributed by atoms with E-state index in [1.165, 1.54) is 18.3 Å². The Kier molecular flexibility index (Phi) is 3.87. The standard InChI is InChI=1S/C11H16N2O3S/c1-6(9(15)16)12-8(14)7-5-17-10(13-7)11(2,3)4/h5-6H,1-4H3,(H,12,14)(H,15,16). The molecular formula is C11H16N2O3S. The maximum Gasteiger partial charge on any atom is 0.325 e. The zero-order valence-corrected chi connectivity index (χ0v) is 11.1. The Morgan fingerprint density at radius 3 is 2.47 bits per heavy atom. The molecule has 0 bridgehead atoms. The smallest absolute Gasteiger partial charge is 0.325 e. The fraction of sp³-hybridized carbons (Fsp3) is 0.545. The second kappa shape index (κ2) is 4.83. The van der Waals surface area contributed by atoms with Crippen LogP contribution in [0.5, 0.6) is 0 Å². The molecule has 1 amide bonds. The highest BCUT2D eigenvalue weighted by Gasteiger charge is 2.22. The fourth-order valence-corrected chi connectivity index (χ4v) is 1.94. The number of aromatic nitrogens is 1. The quantitative estimate of drug-likeness (QED) is 0.861. The van der Waals surface area contributed by atoms with Crippen LogP contribution in [0.15, 0.2) is 5.38 Å². The molecule has 0 aliphatic carbocycles. The van der Waals surface area contributed by atoms with Gasteiger partial charge in [-0.3, -0.25) is 9.59 Å². The van der Waals surface area contributed by atoms with Gasteiger partial charge in [-0.1, -0.05) is 20.8 Å². The molecule has 94 valence electrons. The van der Waals surface area contributed by atoms with E-state index in [4.69, 9.17) is 5.11 Å². The van der Waals surface area contributed by atoms with Gasteiger partial charge in [-0.25, -0.2) is 4.98 Å². The third kappa shape index (κ3) is 3.52. The van der Waals surface area contributed by atoms with Crippen LogP contribution in [0.25, 0.3) is 0 Å². The number of nitrogens with zero attached hydrogens (tertiary/aromatic N) is 1. The predicted octanol–water partition coefficient (Wildman–Crippen LogP) is 1.64. The van der Waals surface area contributed by atoms with Crippen molar-refractivity contribution >= 4 is 23.2 Å². The topological polar surface area (TPSA) is 79.3 Å². The van der Waals surface area contributed by atoms with Crippen molar-refractivity contribution in [3.8, 4) is 0 Å². The highest BCUT2D eigenvalue weighted by Crippen LogP contribution is 2.25. The average Bonchev–Trinajstić information content (AvgIpc) is 2.65. The molecule has 1 aromatic rings. The van der Waals surface area contributed by atoms with Gasteiger partial charge in [-0.05, 0) is 6.92 Å². The largest absolute Gasteiger partial charge is 0.480 e. The third-order valence-electron chi connectivity index (χ3n) is 2.10. The van der Waals surface area contributed by atoms with Crippen molar-refractivity contribution in [1.29, 1.82) is 0 Å². The predicted molar refractivity (Wildman–Crippen MR) is 65.4 cm³/mol. The molecule has 0 aliphatic rings. The number of hydrogen-bond acceptors (Lipinski definition) is 4. The van der Waals surface area contributed by atoms with Gasteiger partial charge in [0.05, 0.1) is 5.01 Å². The molecule has 0 spiro atoms. The first-order valence-corrected chi connectivity index (χ1v) is 6.09. The Morgan fingerprint density at radius 2 is 2.06 bits per heavy atom. The van der Waals surface area contributed by atoms with E-state index in [0.29, 0.717) is 0 Å². The van der Waals surface area contributed by atoms with E-state index in [2.05, 4.69) is 10.3 Å². The average molecular weight is 256 g/mol. The van der Waals surface area contributed by atoms with Crippen molar-refractivity contribution in [2.24, 2.45) is 0 Å². The minimum Gasteiger partial charge on any atom is -0.480 e. The molecule has 0 aromatic carbocycles. The highest BCUT2D eigenvalue weighted by molar-refractivity contribution is 7.10. The normalized spacial score (nSPS) is 13.2. The van der Waals surface area contributed by atoms with Crippen molar-refractivity contribution < 1.29 is 14.7 Å². The van der Waals surface area contributed by atoms with E-state index < -0.39 is 17.9 Å². The number of nitrogens with one attached hydrogen (secondary N) is 1. The van der Waals surface area contributed by atoms with Gasteiger partial charge in [0.25, 0.3) is 5.91 Å². The number of carboxylic acid groups (broad SMARTS) is 1. The maximum absolute atomic E-state index is 11.7. The van der Waals surface area contributed by atoms with Crippen LogP contribution in [0.4, 0.5) is 0 Å². The second-order valence-corrected chi connectivity index (χ2v) is 5.68. The zero-order valence-electron chi connectivity index (χ0n) is 10.3. The number of carbonyl (C=O) groups is 2. The van der Waals surface area contributed by atoms with Crippen LogP contribution in [-0.2, 0) is 10.2 Å². The van der Waals surface area contributed by atoms with Crippen molar-refractivity contribution in [2.75, 3.05) is 0 Å². The summed E-state index contributed by atoms with van der Waals surface area (Å²) in [6.45, 7) is 7.44. The van der Waals surface area contributed by atoms with Crippen molar-refractivity contribution in [2.45, 2.75) is 39.2 Å². The number of hydrogen-bond donors (Lipinski definition) is 2. The molecule has 1 unspecified atom stereocenters. The third-order valence-corrected chi connectivity index (χ3v) is 3.36. The first-order valence-electron chi connectivity index (χ1n) is 5.21. The molecule has 0 saturated carbocycles. The number of rotatable bonds is 3. The van der Waals surface area contributed by atoms with Crippen LogP contribution in [0.1, 0.15) is 43.2 Å². The molecule has 0 saturated heterocycles. The van der Waals surface area contributed by atoms with Gasteiger partial charge in [-0.2, -0.15) is 0 Å². The first kappa shape index (κ1) is 13.6. The maximum atomic E-state index is 11.7. The SMILES string of the molecule is CC(NC(=O)c1csc(C(C)(C)C)n1)C(=O)O. The van der Waals surface area contributed by atoms with Crippen LogP contribution in [0.2, 0.25) is 0 Å². The summed E-state index contributed by atoms with van der Waals surface area (Å²) in [6.07, 6.45) is 0. The zero-order chi connectivity index (χ0) is 13.2. The van der Waals surface area contributed by atoms with E-state index >= 15 is 0 Å². The lowest BCUT2D eigenvalue weighted by atomic mass is 9.98. The number of thiazole rings is 1. The molecule has 17 heavy (non-hydrogen) atoms. The Hall–Kier alpha value is -1.43. The van der Waals surface area contributed by atoms with Crippen LogP contribution in [0.3, 0.4) is 0 Å². The molecule has 0 aliphatic heterocycles. The van der Waals surface area contributed by atoms with Gasteiger partial charge >= 0.3 is 5.97 Å². The van der Waals surface area contributed by atoms with Crippen LogP contribution in [-0.4, -0.2) is 28.0 Å². The summed E-state index contributed by atoms with van der Waals surface area (Å²) in [5, 5.41) is 13.5. The summed E-state index contributed by atoms with van der Waals surface area (Å²) in [5.41, 5.74) is 0.162. The van der Waals surface area contributed by atoms with Gasteiger partial charge in [0.2, 0.25) is 0 Å². The van der Waals surface area contributed by atoms with E-state index in [1.807, 2.05) is 20.8 Å². The Labute approximate surface area is 104 Å². The summed E-state index contributed by atoms with van der Waals surface area (Å²) < 4.78 is 0. The Balaban J connectivity index is 2.78. The highest BCUT2D eigenvalue weighted by atomic mass is 32.1. The molecule has 1 atom stereocenters.